The summed E-state index contributed by atoms with van der Waals surface area (Å²) in [6.45, 7) is 2.85. The van der Waals surface area contributed by atoms with E-state index < -0.39 is 5.60 Å². The van der Waals surface area contributed by atoms with Gasteiger partial charge in [-0.3, -0.25) is 0 Å². The second-order valence-electron chi connectivity index (χ2n) is 5.56. The zero-order valence-corrected chi connectivity index (χ0v) is 12.3. The SMILES string of the molecule is CCC(O)(Cc1cc(Br)cc2c1OCC2)C1CC1. The Balaban J connectivity index is 1.92. The van der Waals surface area contributed by atoms with Crippen LogP contribution < -0.4 is 4.74 Å². The van der Waals surface area contributed by atoms with Gasteiger partial charge in [-0.2, -0.15) is 0 Å². The van der Waals surface area contributed by atoms with Gasteiger partial charge in [-0.25, -0.2) is 0 Å². The highest BCUT2D eigenvalue weighted by atomic mass is 79.9. The standard InChI is InChI=1S/C15H19BrO2/c1-2-15(17,12-3-4-12)9-11-8-13(16)7-10-5-6-18-14(10)11/h7-8,12,17H,2-6,9H2,1H3. The molecule has 1 atom stereocenters. The Hall–Kier alpha value is -0.540. The van der Waals surface area contributed by atoms with Gasteiger partial charge >= 0.3 is 0 Å². The average Bonchev–Trinajstić information content (AvgIpc) is 3.09. The summed E-state index contributed by atoms with van der Waals surface area (Å²) in [4.78, 5) is 0. The molecule has 1 saturated carbocycles. The molecule has 0 amide bonds. The zero-order chi connectivity index (χ0) is 12.8. The second-order valence-corrected chi connectivity index (χ2v) is 6.48. The summed E-state index contributed by atoms with van der Waals surface area (Å²) >= 11 is 3.56. The molecule has 0 radical (unpaired) electrons. The lowest BCUT2D eigenvalue weighted by atomic mass is 9.86. The van der Waals surface area contributed by atoms with Crippen LogP contribution >= 0.6 is 15.9 Å². The molecule has 0 spiro atoms. The van der Waals surface area contributed by atoms with E-state index in [4.69, 9.17) is 4.74 Å². The highest BCUT2D eigenvalue weighted by molar-refractivity contribution is 9.10. The predicted octanol–water partition coefficient (Wildman–Crippen LogP) is 3.48. The van der Waals surface area contributed by atoms with Crippen molar-refractivity contribution in [2.75, 3.05) is 6.61 Å². The number of halogens is 1. The molecule has 0 bridgehead atoms. The fourth-order valence-electron chi connectivity index (χ4n) is 2.99. The number of hydrogen-bond donors (Lipinski definition) is 1. The van der Waals surface area contributed by atoms with Crippen molar-refractivity contribution in [1.82, 2.24) is 0 Å². The smallest absolute Gasteiger partial charge is 0.125 e. The Morgan fingerprint density at radius 2 is 2.22 bits per heavy atom. The van der Waals surface area contributed by atoms with E-state index in [1.54, 1.807) is 0 Å². The largest absolute Gasteiger partial charge is 0.493 e. The summed E-state index contributed by atoms with van der Waals surface area (Å²) in [5.41, 5.74) is 1.89. The van der Waals surface area contributed by atoms with Crippen LogP contribution in [0.1, 0.15) is 37.3 Å². The van der Waals surface area contributed by atoms with Crippen LogP contribution in [0.2, 0.25) is 0 Å². The van der Waals surface area contributed by atoms with Crippen LogP contribution in [-0.4, -0.2) is 17.3 Å². The van der Waals surface area contributed by atoms with E-state index in [-0.39, 0.29) is 0 Å². The van der Waals surface area contributed by atoms with Gasteiger partial charge in [0.15, 0.2) is 0 Å². The third-order valence-corrected chi connectivity index (χ3v) is 4.73. The third kappa shape index (κ3) is 2.19. The Kier molecular flexibility index (Phi) is 3.15. The number of fused-ring (bicyclic) bond motifs is 1. The summed E-state index contributed by atoms with van der Waals surface area (Å²) in [5.74, 6) is 1.50. The van der Waals surface area contributed by atoms with Crippen LogP contribution in [0.15, 0.2) is 16.6 Å². The maximum absolute atomic E-state index is 10.8. The van der Waals surface area contributed by atoms with Gasteiger partial charge < -0.3 is 9.84 Å². The van der Waals surface area contributed by atoms with E-state index in [0.717, 1.165) is 41.7 Å². The number of benzene rings is 1. The van der Waals surface area contributed by atoms with Gasteiger partial charge in [0.05, 0.1) is 12.2 Å². The van der Waals surface area contributed by atoms with Crippen molar-refractivity contribution >= 4 is 15.9 Å². The first-order valence-corrected chi connectivity index (χ1v) is 7.58. The first-order chi connectivity index (χ1) is 8.62. The van der Waals surface area contributed by atoms with Gasteiger partial charge in [-0.15, -0.1) is 0 Å². The molecule has 1 N–H and O–H groups in total. The molecule has 0 saturated heterocycles. The van der Waals surface area contributed by atoms with E-state index in [9.17, 15) is 5.11 Å². The molecule has 1 fully saturated rings. The fraction of sp³-hybridized carbons (Fsp3) is 0.600. The third-order valence-electron chi connectivity index (χ3n) is 4.27. The van der Waals surface area contributed by atoms with E-state index in [1.165, 1.54) is 18.4 Å². The molecule has 1 aromatic carbocycles. The predicted molar refractivity (Wildman–Crippen MR) is 75.0 cm³/mol. The van der Waals surface area contributed by atoms with Crippen molar-refractivity contribution in [2.45, 2.75) is 44.6 Å². The number of rotatable bonds is 4. The van der Waals surface area contributed by atoms with Crippen molar-refractivity contribution < 1.29 is 9.84 Å². The van der Waals surface area contributed by atoms with E-state index in [2.05, 4.69) is 35.0 Å². The summed E-state index contributed by atoms with van der Waals surface area (Å²) < 4.78 is 6.84. The molecule has 2 nitrogen and oxygen atoms in total. The van der Waals surface area contributed by atoms with Gasteiger partial charge in [0.25, 0.3) is 0 Å². The molecule has 3 heteroatoms. The Morgan fingerprint density at radius 1 is 1.44 bits per heavy atom. The normalized spacial score (nSPS) is 21.3. The molecule has 2 aliphatic rings. The minimum atomic E-state index is -0.541. The molecule has 1 unspecified atom stereocenters. The molecule has 1 aliphatic carbocycles. The molecule has 18 heavy (non-hydrogen) atoms. The zero-order valence-electron chi connectivity index (χ0n) is 10.7. The van der Waals surface area contributed by atoms with Crippen molar-refractivity contribution in [3.8, 4) is 5.75 Å². The number of aliphatic hydroxyl groups is 1. The van der Waals surface area contributed by atoms with Gasteiger partial charge in [0.1, 0.15) is 5.75 Å². The quantitative estimate of drug-likeness (QED) is 0.922. The monoisotopic (exact) mass is 310 g/mol. The Bertz CT molecular complexity index is 468. The van der Waals surface area contributed by atoms with Crippen molar-refractivity contribution in [1.29, 1.82) is 0 Å². The van der Waals surface area contributed by atoms with Crippen LogP contribution in [0.3, 0.4) is 0 Å². The minimum absolute atomic E-state index is 0.485. The van der Waals surface area contributed by atoms with Crippen LogP contribution in [-0.2, 0) is 12.8 Å². The lowest BCUT2D eigenvalue weighted by Crippen LogP contribution is -2.33. The van der Waals surface area contributed by atoms with Gasteiger partial charge in [0, 0.05) is 17.3 Å². The fourth-order valence-corrected chi connectivity index (χ4v) is 3.54. The molecule has 1 heterocycles. The lowest BCUT2D eigenvalue weighted by molar-refractivity contribution is 0.0134. The van der Waals surface area contributed by atoms with E-state index in [1.807, 2.05) is 0 Å². The average molecular weight is 311 g/mol. The summed E-state index contributed by atoms with van der Waals surface area (Å²) in [7, 11) is 0. The lowest BCUT2D eigenvalue weighted by Gasteiger charge is -2.27. The van der Waals surface area contributed by atoms with E-state index >= 15 is 0 Å². The van der Waals surface area contributed by atoms with Gasteiger partial charge in [-0.1, -0.05) is 22.9 Å². The molecule has 1 aliphatic heterocycles. The first-order valence-electron chi connectivity index (χ1n) is 6.79. The van der Waals surface area contributed by atoms with Crippen LogP contribution in [0, 0.1) is 5.92 Å². The van der Waals surface area contributed by atoms with Crippen LogP contribution in [0.5, 0.6) is 5.75 Å². The molecule has 0 aromatic heterocycles. The maximum Gasteiger partial charge on any atom is 0.125 e. The summed E-state index contributed by atoms with van der Waals surface area (Å²) in [6.07, 6.45) is 4.85. The Labute approximate surface area is 116 Å². The highest BCUT2D eigenvalue weighted by Gasteiger charge is 2.43. The highest BCUT2D eigenvalue weighted by Crippen LogP contribution is 2.45. The van der Waals surface area contributed by atoms with Crippen LogP contribution in [0.25, 0.3) is 0 Å². The molecular weight excluding hydrogens is 292 g/mol. The van der Waals surface area contributed by atoms with E-state index in [0.29, 0.717) is 5.92 Å². The van der Waals surface area contributed by atoms with Crippen LogP contribution in [0.4, 0.5) is 0 Å². The summed E-state index contributed by atoms with van der Waals surface area (Å²) in [5, 5.41) is 10.8. The minimum Gasteiger partial charge on any atom is -0.493 e. The summed E-state index contributed by atoms with van der Waals surface area (Å²) in [6, 6.07) is 4.24. The van der Waals surface area contributed by atoms with Crippen molar-refractivity contribution in [3.63, 3.8) is 0 Å². The number of hydrogen-bond acceptors (Lipinski definition) is 2. The first kappa shape index (κ1) is 12.5. The van der Waals surface area contributed by atoms with Crippen molar-refractivity contribution in [3.05, 3.63) is 27.7 Å². The molecule has 3 rings (SSSR count). The second kappa shape index (κ2) is 4.53. The topological polar surface area (TPSA) is 29.5 Å². The molecule has 98 valence electrons. The maximum atomic E-state index is 10.8. The van der Waals surface area contributed by atoms with Gasteiger partial charge in [-0.05, 0) is 48.4 Å². The molecular formula is C15H19BrO2. The van der Waals surface area contributed by atoms with Gasteiger partial charge in [0.2, 0.25) is 0 Å². The molecule has 1 aromatic rings. The Morgan fingerprint density at radius 3 is 2.89 bits per heavy atom. The van der Waals surface area contributed by atoms with Crippen molar-refractivity contribution in [2.24, 2.45) is 5.92 Å². The number of ether oxygens (including phenoxy) is 1.